The lowest BCUT2D eigenvalue weighted by atomic mass is 10.3. The summed E-state index contributed by atoms with van der Waals surface area (Å²) in [5.41, 5.74) is -0.102. The Morgan fingerprint density at radius 1 is 1.70 bits per heavy atom. The van der Waals surface area contributed by atoms with Gasteiger partial charge in [-0.05, 0) is 13.8 Å². The molecule has 0 amide bonds. The zero-order valence-electron chi connectivity index (χ0n) is 5.60. The number of hydrogen-bond acceptors (Lipinski definition) is 5. The van der Waals surface area contributed by atoms with Crippen molar-refractivity contribution in [1.82, 2.24) is 0 Å². The van der Waals surface area contributed by atoms with Crippen LogP contribution in [-0.2, 0) is 10.1 Å². The SMILES string of the molecule is CC(=NO)C(C)S(=O)(=O)[O-]. The molecule has 0 rings (SSSR count). The second kappa shape index (κ2) is 2.98. The van der Waals surface area contributed by atoms with E-state index in [9.17, 15) is 13.0 Å². The average Bonchev–Trinajstić information content (AvgIpc) is 1.83. The fourth-order valence-electron chi connectivity index (χ4n) is 0.290. The molecule has 0 aliphatic heterocycles. The Labute approximate surface area is 59.1 Å². The van der Waals surface area contributed by atoms with Gasteiger partial charge in [0.05, 0.1) is 11.0 Å². The zero-order valence-corrected chi connectivity index (χ0v) is 6.42. The van der Waals surface area contributed by atoms with Gasteiger partial charge in [-0.15, -0.1) is 0 Å². The summed E-state index contributed by atoms with van der Waals surface area (Å²) in [7, 11) is -4.35. The van der Waals surface area contributed by atoms with Crippen molar-refractivity contribution < 1.29 is 18.2 Å². The van der Waals surface area contributed by atoms with Crippen LogP contribution in [0.25, 0.3) is 0 Å². The van der Waals surface area contributed by atoms with Crippen LogP contribution in [0.2, 0.25) is 0 Å². The molecular weight excluding hydrogens is 158 g/mol. The van der Waals surface area contributed by atoms with Crippen LogP contribution >= 0.6 is 0 Å². The monoisotopic (exact) mass is 166 g/mol. The van der Waals surface area contributed by atoms with E-state index in [2.05, 4.69) is 5.16 Å². The molecule has 6 heteroatoms. The van der Waals surface area contributed by atoms with Crippen molar-refractivity contribution in [2.75, 3.05) is 0 Å². The average molecular weight is 166 g/mol. The first-order chi connectivity index (χ1) is 4.39. The summed E-state index contributed by atoms with van der Waals surface area (Å²) in [6.45, 7) is 2.43. The highest BCUT2D eigenvalue weighted by Gasteiger charge is 2.12. The molecular formula is C4H8NO4S-. The topological polar surface area (TPSA) is 89.8 Å². The van der Waals surface area contributed by atoms with E-state index in [0.717, 1.165) is 6.92 Å². The molecule has 5 nitrogen and oxygen atoms in total. The minimum absolute atomic E-state index is 0.102. The van der Waals surface area contributed by atoms with Crippen molar-refractivity contribution in [1.29, 1.82) is 0 Å². The molecule has 0 spiro atoms. The van der Waals surface area contributed by atoms with Crippen molar-refractivity contribution in [3.8, 4) is 0 Å². The maximum Gasteiger partial charge on any atom is 0.103 e. The van der Waals surface area contributed by atoms with E-state index >= 15 is 0 Å². The molecule has 60 valence electrons. The molecule has 0 aromatic carbocycles. The third-order valence-corrected chi connectivity index (χ3v) is 2.39. The standard InChI is InChI=1S/C4H9NO4S/c1-3(5-6)4(2)10(7,8)9/h4,6H,1-2H3,(H,7,8,9)/p-1. The Hall–Kier alpha value is -0.620. The molecule has 0 aromatic rings. The summed E-state index contributed by atoms with van der Waals surface area (Å²) in [6, 6.07) is 0. The number of rotatable bonds is 2. The third-order valence-electron chi connectivity index (χ3n) is 1.18. The van der Waals surface area contributed by atoms with E-state index in [1.165, 1.54) is 6.92 Å². The molecule has 0 aliphatic rings. The van der Waals surface area contributed by atoms with E-state index < -0.39 is 15.4 Å². The third kappa shape index (κ3) is 2.32. The minimum Gasteiger partial charge on any atom is -0.747 e. The van der Waals surface area contributed by atoms with Gasteiger partial charge in [-0.25, -0.2) is 8.42 Å². The normalized spacial score (nSPS) is 16.9. The summed E-state index contributed by atoms with van der Waals surface area (Å²) in [4.78, 5) is 0. The van der Waals surface area contributed by atoms with E-state index in [0.29, 0.717) is 0 Å². The van der Waals surface area contributed by atoms with E-state index in [-0.39, 0.29) is 5.71 Å². The summed E-state index contributed by atoms with van der Waals surface area (Å²) in [6.07, 6.45) is 0. The van der Waals surface area contributed by atoms with Gasteiger partial charge in [-0.3, -0.25) is 0 Å². The van der Waals surface area contributed by atoms with Gasteiger partial charge < -0.3 is 9.76 Å². The molecule has 0 fully saturated rings. The largest absolute Gasteiger partial charge is 0.747 e. The Balaban J connectivity index is 4.55. The van der Waals surface area contributed by atoms with Gasteiger partial charge in [0.15, 0.2) is 0 Å². The highest BCUT2D eigenvalue weighted by atomic mass is 32.2. The van der Waals surface area contributed by atoms with E-state index in [1.54, 1.807) is 0 Å². The molecule has 10 heavy (non-hydrogen) atoms. The molecule has 1 atom stereocenters. The summed E-state index contributed by atoms with van der Waals surface area (Å²) < 4.78 is 30.6. The summed E-state index contributed by atoms with van der Waals surface area (Å²) in [5.74, 6) is 0. The van der Waals surface area contributed by atoms with Crippen molar-refractivity contribution in [3.05, 3.63) is 0 Å². The van der Waals surface area contributed by atoms with Gasteiger partial charge in [0.1, 0.15) is 10.1 Å². The van der Waals surface area contributed by atoms with Crippen molar-refractivity contribution >= 4 is 15.8 Å². The van der Waals surface area contributed by atoms with Crippen molar-refractivity contribution in [3.63, 3.8) is 0 Å². The van der Waals surface area contributed by atoms with Crippen LogP contribution in [0.3, 0.4) is 0 Å². The van der Waals surface area contributed by atoms with Crippen LogP contribution in [0.5, 0.6) is 0 Å². The second-order valence-electron chi connectivity index (χ2n) is 1.88. The molecule has 0 radical (unpaired) electrons. The highest BCUT2D eigenvalue weighted by molar-refractivity contribution is 7.87. The van der Waals surface area contributed by atoms with Gasteiger partial charge in [0, 0.05) is 0 Å². The van der Waals surface area contributed by atoms with Gasteiger partial charge in [-0.1, -0.05) is 5.16 Å². The Kier molecular flexibility index (Phi) is 2.79. The number of nitrogens with zero attached hydrogens (tertiary/aromatic N) is 1. The molecule has 1 unspecified atom stereocenters. The lowest BCUT2D eigenvalue weighted by Crippen LogP contribution is -2.24. The van der Waals surface area contributed by atoms with Crippen LogP contribution in [0, 0.1) is 0 Å². The molecule has 0 heterocycles. The first-order valence-electron chi connectivity index (χ1n) is 2.53. The van der Waals surface area contributed by atoms with Crippen LogP contribution in [0.4, 0.5) is 0 Å². The first kappa shape index (κ1) is 9.38. The molecule has 0 aromatic heterocycles. The predicted molar refractivity (Wildman–Crippen MR) is 34.1 cm³/mol. The van der Waals surface area contributed by atoms with Gasteiger partial charge in [0.2, 0.25) is 0 Å². The first-order valence-corrected chi connectivity index (χ1v) is 4.00. The van der Waals surface area contributed by atoms with Crippen molar-refractivity contribution in [2.24, 2.45) is 5.16 Å². The zero-order chi connectivity index (χ0) is 8.36. The molecule has 0 saturated carbocycles. The van der Waals surface area contributed by atoms with Gasteiger partial charge in [-0.2, -0.15) is 0 Å². The maximum absolute atomic E-state index is 10.2. The van der Waals surface area contributed by atoms with Gasteiger partial charge in [0.25, 0.3) is 0 Å². The lowest BCUT2D eigenvalue weighted by Gasteiger charge is -2.13. The maximum atomic E-state index is 10.2. The second-order valence-corrected chi connectivity index (χ2v) is 3.57. The Morgan fingerprint density at radius 3 is 2.20 bits per heavy atom. The predicted octanol–water partition coefficient (Wildman–Crippen LogP) is -0.230. The van der Waals surface area contributed by atoms with E-state index in [4.69, 9.17) is 5.21 Å². The number of oxime groups is 1. The van der Waals surface area contributed by atoms with Crippen molar-refractivity contribution in [2.45, 2.75) is 19.1 Å². The molecule has 0 bridgehead atoms. The van der Waals surface area contributed by atoms with E-state index in [1.807, 2.05) is 0 Å². The summed E-state index contributed by atoms with van der Waals surface area (Å²) >= 11 is 0. The smallest absolute Gasteiger partial charge is 0.103 e. The summed E-state index contributed by atoms with van der Waals surface area (Å²) in [5, 5.41) is 9.39. The lowest BCUT2D eigenvalue weighted by molar-refractivity contribution is 0.317. The molecule has 0 aliphatic carbocycles. The minimum atomic E-state index is -4.35. The van der Waals surface area contributed by atoms with Crippen LogP contribution < -0.4 is 0 Å². The molecule has 1 N–H and O–H groups in total. The Morgan fingerprint density at radius 2 is 2.10 bits per heavy atom. The van der Waals surface area contributed by atoms with Crippen LogP contribution in [-0.4, -0.2) is 29.1 Å². The van der Waals surface area contributed by atoms with Gasteiger partial charge >= 0.3 is 0 Å². The quantitative estimate of drug-likeness (QED) is 0.265. The van der Waals surface area contributed by atoms with Crippen LogP contribution in [0.15, 0.2) is 5.16 Å². The van der Waals surface area contributed by atoms with Crippen LogP contribution in [0.1, 0.15) is 13.8 Å². The fraction of sp³-hybridized carbons (Fsp3) is 0.750. The number of hydrogen-bond donors (Lipinski definition) is 1. The highest BCUT2D eigenvalue weighted by Crippen LogP contribution is 1.98. The molecule has 0 saturated heterocycles. The Bertz CT molecular complexity index is 230. The fourth-order valence-corrected chi connectivity index (χ4v) is 0.755.